The van der Waals surface area contributed by atoms with Crippen LogP contribution in [-0.2, 0) is 20.7 Å². The third kappa shape index (κ3) is 4.83. The van der Waals surface area contributed by atoms with E-state index in [-0.39, 0.29) is 12.0 Å². The van der Waals surface area contributed by atoms with Crippen molar-refractivity contribution in [1.82, 2.24) is 21.0 Å². The van der Waals surface area contributed by atoms with Gasteiger partial charge >= 0.3 is 5.97 Å². The van der Waals surface area contributed by atoms with Crippen molar-refractivity contribution in [1.29, 1.82) is 0 Å². The minimum absolute atomic E-state index is 0.231. The van der Waals surface area contributed by atoms with E-state index >= 15 is 0 Å². The number of amides is 2. The summed E-state index contributed by atoms with van der Waals surface area (Å²) in [4.78, 5) is 48.0. The van der Waals surface area contributed by atoms with E-state index in [1.807, 2.05) is 0 Å². The highest BCUT2D eigenvalue weighted by Gasteiger charge is 2.20. The quantitative estimate of drug-likeness (QED) is 0.435. The second kappa shape index (κ2) is 8.79. The molecule has 29 heavy (non-hydrogen) atoms. The number of benzene rings is 2. The topological polar surface area (TPSA) is 130 Å². The first-order valence-corrected chi connectivity index (χ1v) is 8.76. The fourth-order valence-electron chi connectivity index (χ4n) is 2.62. The summed E-state index contributed by atoms with van der Waals surface area (Å²) in [7, 11) is 0. The molecule has 9 heteroatoms. The van der Waals surface area contributed by atoms with Crippen LogP contribution < -0.4 is 16.4 Å². The van der Waals surface area contributed by atoms with Crippen molar-refractivity contribution in [3.63, 3.8) is 0 Å². The number of aromatic amines is 1. The Hall–Kier alpha value is -4.01. The largest absolute Gasteiger partial charge is 0.452 e. The molecule has 0 aliphatic carbocycles. The Bertz CT molecular complexity index is 1110. The van der Waals surface area contributed by atoms with Crippen molar-refractivity contribution in [2.75, 3.05) is 0 Å². The Balaban J connectivity index is 1.57. The van der Waals surface area contributed by atoms with Gasteiger partial charge in [-0.15, -0.1) is 0 Å². The number of aromatic nitrogens is 2. The monoisotopic (exact) mass is 394 g/mol. The van der Waals surface area contributed by atoms with Crippen LogP contribution in [0.2, 0.25) is 0 Å². The maximum absolute atomic E-state index is 12.2. The van der Waals surface area contributed by atoms with E-state index in [0.29, 0.717) is 22.0 Å². The number of hydrazine groups is 1. The van der Waals surface area contributed by atoms with Gasteiger partial charge in [0, 0.05) is 10.9 Å². The summed E-state index contributed by atoms with van der Waals surface area (Å²) in [5.74, 6) is -1.89. The van der Waals surface area contributed by atoms with Crippen molar-refractivity contribution in [3.05, 3.63) is 76.2 Å². The average Bonchev–Trinajstić information content (AvgIpc) is 2.74. The lowest BCUT2D eigenvalue weighted by Crippen LogP contribution is -2.46. The molecule has 0 radical (unpaired) electrons. The Morgan fingerprint density at radius 1 is 1.00 bits per heavy atom. The normalized spacial score (nSPS) is 11.5. The Labute approximate surface area is 165 Å². The molecule has 3 rings (SSSR count). The van der Waals surface area contributed by atoms with E-state index in [2.05, 4.69) is 21.0 Å². The molecule has 0 unspecified atom stereocenters. The lowest BCUT2D eigenvalue weighted by molar-refractivity contribution is -0.154. The number of nitrogens with one attached hydrogen (secondary N) is 3. The molecular formula is C20H18N4O5. The second-order valence-corrected chi connectivity index (χ2v) is 6.16. The number of hydrogen-bond acceptors (Lipinski definition) is 6. The maximum Gasteiger partial charge on any atom is 0.312 e. The number of carbonyl (C=O) groups excluding carboxylic acids is 3. The van der Waals surface area contributed by atoms with Gasteiger partial charge in [0.2, 0.25) is 0 Å². The van der Waals surface area contributed by atoms with Crippen molar-refractivity contribution >= 4 is 28.6 Å². The summed E-state index contributed by atoms with van der Waals surface area (Å²) in [6.07, 6.45) is -1.38. The number of esters is 1. The standard InChI is InChI=1S/C20H18N4O5/c1-12(18(26)22-23-19(27)13-7-3-2-4-8-13)29-17(25)11-16-14-9-5-6-10-15(14)20(28)24-21-16/h2-10,12H,11H2,1H3,(H,22,26)(H,23,27)(H,24,28)/t12-/m1/s1. The smallest absolute Gasteiger partial charge is 0.312 e. The van der Waals surface area contributed by atoms with Crippen LogP contribution in [0.5, 0.6) is 0 Å². The van der Waals surface area contributed by atoms with Crippen LogP contribution in [0.25, 0.3) is 10.8 Å². The van der Waals surface area contributed by atoms with Crippen LogP contribution in [0, 0.1) is 0 Å². The van der Waals surface area contributed by atoms with Crippen molar-refractivity contribution < 1.29 is 19.1 Å². The van der Waals surface area contributed by atoms with E-state index in [1.165, 1.54) is 6.92 Å². The van der Waals surface area contributed by atoms with Crippen molar-refractivity contribution in [2.24, 2.45) is 0 Å². The number of nitrogens with zero attached hydrogens (tertiary/aromatic N) is 1. The molecule has 0 bridgehead atoms. The van der Waals surface area contributed by atoms with Gasteiger partial charge in [-0.2, -0.15) is 5.10 Å². The molecule has 0 saturated carbocycles. The van der Waals surface area contributed by atoms with Crippen LogP contribution in [0.3, 0.4) is 0 Å². The highest BCUT2D eigenvalue weighted by atomic mass is 16.5. The summed E-state index contributed by atoms with van der Waals surface area (Å²) >= 11 is 0. The van der Waals surface area contributed by atoms with Gasteiger partial charge < -0.3 is 4.74 Å². The minimum atomic E-state index is -1.15. The van der Waals surface area contributed by atoms with Crippen molar-refractivity contribution in [2.45, 2.75) is 19.4 Å². The second-order valence-electron chi connectivity index (χ2n) is 6.16. The van der Waals surface area contributed by atoms with Crippen LogP contribution in [0.1, 0.15) is 23.0 Å². The molecule has 3 N–H and O–H groups in total. The summed E-state index contributed by atoms with van der Waals surface area (Å²) in [5, 5.41) is 7.16. The first kappa shape index (κ1) is 19.7. The molecule has 3 aromatic rings. The predicted octanol–water partition coefficient (Wildman–Crippen LogP) is 0.858. The zero-order valence-electron chi connectivity index (χ0n) is 15.5. The lowest BCUT2D eigenvalue weighted by atomic mass is 10.1. The minimum Gasteiger partial charge on any atom is -0.452 e. The number of rotatable bonds is 5. The summed E-state index contributed by atoms with van der Waals surface area (Å²) in [6.45, 7) is 1.38. The Morgan fingerprint density at radius 3 is 2.38 bits per heavy atom. The van der Waals surface area contributed by atoms with E-state index in [4.69, 9.17) is 4.74 Å². The molecule has 0 aliphatic heterocycles. The van der Waals surface area contributed by atoms with Gasteiger partial charge in [0.15, 0.2) is 6.10 Å². The fourth-order valence-corrected chi connectivity index (χ4v) is 2.62. The first-order valence-electron chi connectivity index (χ1n) is 8.76. The first-order chi connectivity index (χ1) is 14.0. The molecule has 2 aromatic carbocycles. The SMILES string of the molecule is C[C@@H](OC(=O)Cc1n[nH]c(=O)c2ccccc12)C(=O)NNC(=O)c1ccccc1. The molecule has 0 spiro atoms. The van der Waals surface area contributed by atoms with Gasteiger partial charge in [-0.1, -0.05) is 36.4 Å². The molecule has 2 amide bonds. The van der Waals surface area contributed by atoms with Crippen LogP contribution >= 0.6 is 0 Å². The van der Waals surface area contributed by atoms with E-state index in [0.717, 1.165) is 0 Å². The van der Waals surface area contributed by atoms with Crippen molar-refractivity contribution in [3.8, 4) is 0 Å². The molecule has 9 nitrogen and oxygen atoms in total. The molecular weight excluding hydrogens is 376 g/mol. The van der Waals surface area contributed by atoms with Crippen LogP contribution in [-0.4, -0.2) is 34.1 Å². The number of hydrogen-bond donors (Lipinski definition) is 3. The highest BCUT2D eigenvalue weighted by Crippen LogP contribution is 2.13. The van der Waals surface area contributed by atoms with Crippen LogP contribution in [0.4, 0.5) is 0 Å². The van der Waals surface area contributed by atoms with Gasteiger partial charge in [0.25, 0.3) is 17.4 Å². The number of fused-ring (bicyclic) bond motifs is 1. The van der Waals surface area contributed by atoms with Gasteiger partial charge in [-0.25, -0.2) is 5.10 Å². The van der Waals surface area contributed by atoms with E-state index < -0.39 is 23.9 Å². The molecule has 1 heterocycles. The Morgan fingerprint density at radius 2 is 1.66 bits per heavy atom. The lowest BCUT2D eigenvalue weighted by Gasteiger charge is -2.14. The third-order valence-corrected chi connectivity index (χ3v) is 4.10. The summed E-state index contributed by atoms with van der Waals surface area (Å²) in [6, 6.07) is 15.0. The van der Waals surface area contributed by atoms with Gasteiger partial charge in [-0.3, -0.25) is 30.0 Å². The number of H-pyrrole nitrogens is 1. The average molecular weight is 394 g/mol. The summed E-state index contributed by atoms with van der Waals surface area (Å²) < 4.78 is 5.10. The number of carbonyl (C=O) groups is 3. The maximum atomic E-state index is 12.2. The fraction of sp³-hybridized carbons (Fsp3) is 0.150. The molecule has 148 valence electrons. The molecule has 0 saturated heterocycles. The molecule has 0 aliphatic rings. The third-order valence-electron chi connectivity index (χ3n) is 4.10. The highest BCUT2D eigenvalue weighted by molar-refractivity contribution is 5.96. The van der Waals surface area contributed by atoms with E-state index in [9.17, 15) is 19.2 Å². The Kier molecular flexibility index (Phi) is 5.98. The van der Waals surface area contributed by atoms with Gasteiger partial charge in [-0.05, 0) is 25.1 Å². The van der Waals surface area contributed by atoms with Crippen LogP contribution in [0.15, 0.2) is 59.4 Å². The molecule has 0 fully saturated rings. The summed E-state index contributed by atoms with van der Waals surface area (Å²) in [5.41, 5.74) is 4.80. The zero-order valence-corrected chi connectivity index (χ0v) is 15.5. The molecule has 1 atom stereocenters. The van der Waals surface area contributed by atoms with Gasteiger partial charge in [0.05, 0.1) is 17.5 Å². The number of ether oxygens (including phenoxy) is 1. The van der Waals surface area contributed by atoms with Gasteiger partial charge in [0.1, 0.15) is 0 Å². The zero-order chi connectivity index (χ0) is 20.8. The van der Waals surface area contributed by atoms with E-state index in [1.54, 1.807) is 54.6 Å². The predicted molar refractivity (Wildman–Crippen MR) is 104 cm³/mol. The molecule has 1 aromatic heterocycles.